The Morgan fingerprint density at radius 3 is 2.84 bits per heavy atom. The molecule has 0 aliphatic rings. The van der Waals surface area contributed by atoms with Crippen LogP contribution in [0, 0.1) is 12.3 Å². The summed E-state index contributed by atoms with van der Waals surface area (Å²) in [6.07, 6.45) is 5.52. The third kappa shape index (κ3) is 3.83. The average molecular weight is 434 g/mol. The lowest BCUT2D eigenvalue weighted by Gasteiger charge is -2.02. The van der Waals surface area contributed by atoms with Crippen LogP contribution in [-0.4, -0.2) is 30.2 Å². The van der Waals surface area contributed by atoms with Gasteiger partial charge in [0, 0.05) is 5.39 Å². The summed E-state index contributed by atoms with van der Waals surface area (Å²) in [6.45, 7) is 2.58. The first kappa shape index (κ1) is 20.4. The number of methoxy groups -OCH3 is 1. The lowest BCUT2D eigenvalue weighted by molar-refractivity contribution is 0.0600. The number of aromatic nitrogens is 1. The van der Waals surface area contributed by atoms with E-state index in [0.29, 0.717) is 28.3 Å². The molecule has 2 aromatic heterocycles. The second-order valence-electron chi connectivity index (χ2n) is 6.48. The first-order valence-electron chi connectivity index (χ1n) is 9.45. The van der Waals surface area contributed by atoms with Gasteiger partial charge >= 0.3 is 11.9 Å². The van der Waals surface area contributed by atoms with Crippen molar-refractivity contribution < 1.29 is 23.5 Å². The molecule has 4 aromatic rings. The van der Waals surface area contributed by atoms with Crippen molar-refractivity contribution >= 4 is 44.4 Å². The number of fused-ring (bicyclic) bond motifs is 2. The Hall–Kier alpha value is -3.83. The van der Waals surface area contributed by atoms with E-state index in [1.807, 2.05) is 19.1 Å². The summed E-state index contributed by atoms with van der Waals surface area (Å²) >= 11 is 1.25. The minimum absolute atomic E-state index is 0.0992. The van der Waals surface area contributed by atoms with Crippen LogP contribution in [0.3, 0.4) is 0 Å². The van der Waals surface area contributed by atoms with Gasteiger partial charge in [-0.1, -0.05) is 29.4 Å². The first-order chi connectivity index (χ1) is 15.0. The fourth-order valence-corrected chi connectivity index (χ4v) is 4.27. The number of amides is 1. The molecule has 7 nitrogen and oxygen atoms in total. The minimum atomic E-state index is -0.538. The summed E-state index contributed by atoms with van der Waals surface area (Å²) in [5.41, 5.74) is 1.67. The van der Waals surface area contributed by atoms with Crippen molar-refractivity contribution in [1.82, 2.24) is 4.57 Å². The Bertz CT molecular complexity index is 1420. The number of hydrogen-bond acceptors (Lipinski definition) is 6. The van der Waals surface area contributed by atoms with Crippen LogP contribution in [0.2, 0.25) is 0 Å². The van der Waals surface area contributed by atoms with E-state index in [9.17, 15) is 9.59 Å². The molecular formula is C23H18N2O5S. The summed E-state index contributed by atoms with van der Waals surface area (Å²) in [5, 5.41) is 0.750. The summed E-state index contributed by atoms with van der Waals surface area (Å²) in [7, 11) is 1.32. The highest BCUT2D eigenvalue weighted by molar-refractivity contribution is 7.16. The number of nitrogens with zero attached hydrogens (tertiary/aromatic N) is 2. The number of carbonyl (C=O) groups is 2. The number of hydrogen-bond donors (Lipinski definition) is 0. The Morgan fingerprint density at radius 2 is 2.10 bits per heavy atom. The zero-order valence-corrected chi connectivity index (χ0v) is 17.7. The highest BCUT2D eigenvalue weighted by Gasteiger charge is 2.16. The van der Waals surface area contributed by atoms with Crippen molar-refractivity contribution in [2.75, 3.05) is 13.7 Å². The van der Waals surface area contributed by atoms with E-state index in [1.54, 1.807) is 34.9 Å². The van der Waals surface area contributed by atoms with E-state index >= 15 is 0 Å². The maximum absolute atomic E-state index is 12.9. The van der Waals surface area contributed by atoms with Crippen molar-refractivity contribution in [3.63, 3.8) is 0 Å². The predicted octanol–water partition coefficient (Wildman–Crippen LogP) is 4.01. The van der Waals surface area contributed by atoms with Gasteiger partial charge in [0.2, 0.25) is 0 Å². The molecule has 0 aliphatic heterocycles. The van der Waals surface area contributed by atoms with Gasteiger partial charge in [-0.3, -0.25) is 4.79 Å². The van der Waals surface area contributed by atoms with Gasteiger partial charge in [0.1, 0.15) is 0 Å². The van der Waals surface area contributed by atoms with Crippen molar-refractivity contribution in [3.05, 3.63) is 58.6 Å². The largest absolute Gasteiger partial charge is 0.490 e. The average Bonchev–Trinajstić information content (AvgIpc) is 3.36. The molecule has 2 heterocycles. The summed E-state index contributed by atoms with van der Waals surface area (Å²) in [6, 6.07) is 12.2. The molecule has 0 saturated carbocycles. The van der Waals surface area contributed by atoms with Gasteiger partial charge in [-0.2, -0.15) is 4.99 Å². The molecule has 156 valence electrons. The molecule has 31 heavy (non-hydrogen) atoms. The van der Waals surface area contributed by atoms with Crippen molar-refractivity contribution in [2.45, 2.75) is 13.5 Å². The molecule has 0 atom stereocenters. The number of furan rings is 1. The summed E-state index contributed by atoms with van der Waals surface area (Å²) in [5.74, 6) is 2.26. The van der Waals surface area contributed by atoms with Crippen LogP contribution < -0.4 is 9.54 Å². The standard InChI is InChI=1S/C23H18N2O5S/c1-4-11-25-16-10-9-15(22(27)28-3)13-19(16)31-23(25)24-21(26)18-12-14-7-6-8-17(29-5-2)20(14)30-18/h1,6-10,12-13H,5,11H2,2-3H3. The number of terminal acetylenes is 1. The van der Waals surface area contributed by atoms with Crippen LogP contribution >= 0.6 is 11.3 Å². The SMILES string of the molecule is C#CCn1c(=NC(=O)c2cc3cccc(OCC)c3o2)sc2cc(C(=O)OC)ccc21. The topological polar surface area (TPSA) is 83.0 Å². The zero-order chi connectivity index (χ0) is 22.0. The number of rotatable bonds is 5. The van der Waals surface area contributed by atoms with E-state index in [-0.39, 0.29) is 12.3 Å². The van der Waals surface area contributed by atoms with Gasteiger partial charge in [-0.25, -0.2) is 4.79 Å². The predicted molar refractivity (Wildman–Crippen MR) is 117 cm³/mol. The molecule has 0 N–H and O–H groups in total. The number of esters is 1. The molecule has 0 fully saturated rings. The molecular weight excluding hydrogens is 416 g/mol. The van der Waals surface area contributed by atoms with Gasteiger partial charge in [0.25, 0.3) is 0 Å². The zero-order valence-electron chi connectivity index (χ0n) is 16.9. The Morgan fingerprint density at radius 1 is 1.26 bits per heavy atom. The molecule has 1 amide bonds. The normalized spacial score (nSPS) is 11.6. The van der Waals surface area contributed by atoms with E-state index in [4.69, 9.17) is 20.3 Å². The fourth-order valence-electron chi connectivity index (χ4n) is 3.20. The molecule has 0 unspecified atom stereocenters. The van der Waals surface area contributed by atoms with Crippen LogP contribution in [-0.2, 0) is 11.3 Å². The lowest BCUT2D eigenvalue weighted by atomic mass is 10.2. The molecule has 0 aliphatic carbocycles. The van der Waals surface area contributed by atoms with Crippen LogP contribution in [0.4, 0.5) is 0 Å². The van der Waals surface area contributed by atoms with Crippen LogP contribution in [0.15, 0.2) is 51.9 Å². The van der Waals surface area contributed by atoms with E-state index in [1.165, 1.54) is 18.4 Å². The smallest absolute Gasteiger partial charge is 0.337 e. The molecule has 0 saturated heterocycles. The maximum Gasteiger partial charge on any atom is 0.337 e. The summed E-state index contributed by atoms with van der Waals surface area (Å²) in [4.78, 5) is 29.4. The molecule has 8 heteroatoms. The van der Waals surface area contributed by atoms with Crippen molar-refractivity contribution in [1.29, 1.82) is 0 Å². The molecule has 2 aromatic carbocycles. The Kier molecular flexibility index (Phi) is 5.60. The highest BCUT2D eigenvalue weighted by Crippen LogP contribution is 2.29. The van der Waals surface area contributed by atoms with Crippen LogP contribution in [0.1, 0.15) is 27.8 Å². The van der Waals surface area contributed by atoms with Gasteiger partial charge in [0.05, 0.1) is 36.0 Å². The number of ether oxygens (including phenoxy) is 2. The van der Waals surface area contributed by atoms with Gasteiger partial charge in [-0.15, -0.1) is 6.42 Å². The third-order valence-electron chi connectivity index (χ3n) is 4.57. The van der Waals surface area contributed by atoms with E-state index < -0.39 is 11.9 Å². The number of thiazole rings is 1. The fraction of sp³-hybridized carbons (Fsp3) is 0.174. The van der Waals surface area contributed by atoms with E-state index in [2.05, 4.69) is 10.9 Å². The lowest BCUT2D eigenvalue weighted by Crippen LogP contribution is -2.16. The monoisotopic (exact) mass is 434 g/mol. The number of para-hydroxylation sites is 1. The second-order valence-corrected chi connectivity index (χ2v) is 7.49. The quantitative estimate of drug-likeness (QED) is 0.350. The Balaban J connectivity index is 1.81. The third-order valence-corrected chi connectivity index (χ3v) is 5.61. The first-order valence-corrected chi connectivity index (χ1v) is 10.3. The molecule has 0 radical (unpaired) electrons. The second kappa shape index (κ2) is 8.50. The van der Waals surface area contributed by atoms with Crippen LogP contribution in [0.25, 0.3) is 21.2 Å². The summed E-state index contributed by atoms with van der Waals surface area (Å²) < 4.78 is 18.6. The highest BCUT2D eigenvalue weighted by atomic mass is 32.1. The Labute approximate surface area is 181 Å². The number of benzene rings is 2. The van der Waals surface area contributed by atoms with Crippen molar-refractivity contribution in [3.8, 4) is 18.1 Å². The molecule has 0 bridgehead atoms. The minimum Gasteiger partial charge on any atom is -0.490 e. The van der Waals surface area contributed by atoms with Gasteiger partial charge in [-0.05, 0) is 37.3 Å². The van der Waals surface area contributed by atoms with Gasteiger partial charge < -0.3 is 18.5 Å². The van der Waals surface area contributed by atoms with Crippen LogP contribution in [0.5, 0.6) is 5.75 Å². The van der Waals surface area contributed by atoms with Crippen molar-refractivity contribution in [2.24, 2.45) is 4.99 Å². The number of carbonyl (C=O) groups excluding carboxylic acids is 2. The van der Waals surface area contributed by atoms with E-state index in [0.717, 1.165) is 15.6 Å². The molecule has 0 spiro atoms. The molecule has 4 rings (SSSR count). The van der Waals surface area contributed by atoms with Gasteiger partial charge in [0.15, 0.2) is 21.9 Å². The maximum atomic E-state index is 12.9.